The second kappa shape index (κ2) is 17.7. The summed E-state index contributed by atoms with van der Waals surface area (Å²) in [5.41, 5.74) is -0.781. The van der Waals surface area contributed by atoms with Crippen molar-refractivity contribution in [2.45, 2.75) is 69.2 Å². The number of fused-ring (bicyclic) bond motifs is 1. The predicted octanol–water partition coefficient (Wildman–Crippen LogP) is 5.78. The molecular formula is C42H46ClF3N6O7. The van der Waals surface area contributed by atoms with Crippen LogP contribution in [0.1, 0.15) is 77.9 Å². The largest absolute Gasteiger partial charge is 0.494 e. The molecule has 1 saturated carbocycles. The van der Waals surface area contributed by atoms with Gasteiger partial charge in [-0.25, -0.2) is 9.78 Å². The van der Waals surface area contributed by atoms with Crippen LogP contribution in [-0.4, -0.2) is 92.3 Å². The third-order valence-electron chi connectivity index (χ3n) is 11.8. The number of hydrogen-bond donors (Lipinski definition) is 2. The summed E-state index contributed by atoms with van der Waals surface area (Å²) in [6.45, 7) is 2.46. The molecule has 1 aromatic heterocycles. The summed E-state index contributed by atoms with van der Waals surface area (Å²) in [5, 5.41) is 6.77. The van der Waals surface area contributed by atoms with Gasteiger partial charge in [-0.3, -0.25) is 29.6 Å². The highest BCUT2D eigenvalue weighted by molar-refractivity contribution is 6.34. The average Bonchev–Trinajstić information content (AvgIpc) is 3.65. The minimum absolute atomic E-state index is 0.0934. The Morgan fingerprint density at radius 1 is 1.02 bits per heavy atom. The number of alkyl halides is 3. The number of imide groups is 1. The number of halogens is 4. The zero-order valence-electron chi connectivity index (χ0n) is 32.8. The lowest BCUT2D eigenvalue weighted by atomic mass is 9.76. The first-order valence-corrected chi connectivity index (χ1v) is 20.1. The first-order valence-electron chi connectivity index (χ1n) is 19.7. The zero-order valence-corrected chi connectivity index (χ0v) is 33.5. The van der Waals surface area contributed by atoms with Crippen molar-refractivity contribution in [3.05, 3.63) is 81.1 Å². The van der Waals surface area contributed by atoms with Gasteiger partial charge < -0.3 is 24.4 Å². The number of piperidine rings is 1. The molecule has 314 valence electrons. The Morgan fingerprint density at radius 2 is 1.78 bits per heavy atom. The van der Waals surface area contributed by atoms with Crippen molar-refractivity contribution in [1.29, 1.82) is 0 Å². The maximum atomic E-state index is 13.4. The molecule has 3 fully saturated rings. The molecule has 17 heteroatoms. The highest BCUT2D eigenvalue weighted by Gasteiger charge is 2.39. The normalized spacial score (nSPS) is 22.3. The molecule has 2 N–H and O–H groups in total. The van der Waals surface area contributed by atoms with Crippen LogP contribution < -0.4 is 30.8 Å². The highest BCUT2D eigenvalue weighted by Crippen LogP contribution is 2.38. The number of aromatic nitrogens is 1. The van der Waals surface area contributed by atoms with Crippen molar-refractivity contribution in [3.63, 3.8) is 0 Å². The topological polar surface area (TPSA) is 152 Å². The Kier molecular flexibility index (Phi) is 12.6. The standard InChI is InChI=1S/C42H46ClF3N6O7/c1-57-35-23-32-28(21-33(35)49-38(54)30-4-3-5-36(48-30)42(44,45)46)20-31(47-32)26-8-14-41(58-2,15-9-26)24-59-19-13-25-10-16-51(17-11-25)39(55)27-6-7-29(43)34(22-27)52-18-12-37(53)50-40(52)56/h3-7,20-23,25-26,31H,8-19,24H2,1-2H3,(H,49,54)(H,50,53,56). The molecule has 2 aromatic carbocycles. The summed E-state index contributed by atoms with van der Waals surface area (Å²) in [5.74, 6) is -0.262. The maximum Gasteiger partial charge on any atom is 0.433 e. The van der Waals surface area contributed by atoms with Crippen molar-refractivity contribution in [2.75, 3.05) is 57.3 Å². The van der Waals surface area contributed by atoms with Crippen molar-refractivity contribution in [3.8, 4) is 5.75 Å². The lowest BCUT2D eigenvalue weighted by Gasteiger charge is -2.40. The Labute approximate surface area is 343 Å². The van der Waals surface area contributed by atoms with Gasteiger partial charge in [0, 0.05) is 56.6 Å². The highest BCUT2D eigenvalue weighted by atomic mass is 35.5. The second-order valence-electron chi connectivity index (χ2n) is 15.5. The number of carbonyl (C=O) groups excluding carboxylic acids is 4. The van der Waals surface area contributed by atoms with Crippen molar-refractivity contribution in [1.82, 2.24) is 15.2 Å². The van der Waals surface area contributed by atoms with E-state index in [0.29, 0.717) is 65.3 Å². The molecule has 7 rings (SSSR count). The number of rotatable bonds is 12. The molecule has 1 aliphatic carbocycles. The van der Waals surface area contributed by atoms with E-state index in [2.05, 4.69) is 21.7 Å². The zero-order chi connectivity index (χ0) is 41.9. The Balaban J connectivity index is 0.867. The number of anilines is 2. The van der Waals surface area contributed by atoms with E-state index in [1.54, 1.807) is 37.4 Å². The molecule has 3 aromatic rings. The van der Waals surface area contributed by atoms with Gasteiger partial charge in [-0.15, -0.1) is 0 Å². The molecule has 59 heavy (non-hydrogen) atoms. The molecule has 0 spiro atoms. The minimum atomic E-state index is -4.68. The third-order valence-corrected chi connectivity index (χ3v) is 12.2. The van der Waals surface area contributed by atoms with Crippen LogP contribution in [0.25, 0.3) is 6.08 Å². The molecule has 4 aliphatic rings. The summed E-state index contributed by atoms with van der Waals surface area (Å²) in [6, 6.07) is 10.8. The van der Waals surface area contributed by atoms with E-state index in [1.165, 1.54) is 18.1 Å². The van der Waals surface area contributed by atoms with Gasteiger partial charge in [0.2, 0.25) is 5.91 Å². The Hall–Kier alpha value is -5.06. The van der Waals surface area contributed by atoms with Crippen LogP contribution in [0, 0.1) is 11.8 Å². The van der Waals surface area contributed by atoms with Crippen LogP contribution in [0.2, 0.25) is 5.02 Å². The van der Waals surface area contributed by atoms with Crippen LogP contribution in [0.5, 0.6) is 5.75 Å². The van der Waals surface area contributed by atoms with Crippen molar-refractivity contribution < 1.29 is 46.6 Å². The quantitative estimate of drug-likeness (QED) is 0.218. The first kappa shape index (κ1) is 42.1. The molecule has 5 amide bonds. The summed E-state index contributed by atoms with van der Waals surface area (Å²) in [7, 11) is 3.17. The fourth-order valence-electron chi connectivity index (χ4n) is 8.30. The van der Waals surface area contributed by atoms with E-state index >= 15 is 0 Å². The van der Waals surface area contributed by atoms with Gasteiger partial charge in [0.25, 0.3) is 11.8 Å². The van der Waals surface area contributed by atoms with E-state index in [1.807, 2.05) is 4.90 Å². The summed E-state index contributed by atoms with van der Waals surface area (Å²) >= 11 is 6.38. The molecule has 1 unspecified atom stereocenters. The molecule has 13 nitrogen and oxygen atoms in total. The summed E-state index contributed by atoms with van der Waals surface area (Å²) in [6.07, 6.45) is 3.42. The second-order valence-corrected chi connectivity index (χ2v) is 15.9. The number of amides is 5. The number of ether oxygens (including phenoxy) is 3. The van der Waals surface area contributed by atoms with Crippen LogP contribution in [0.4, 0.5) is 29.3 Å². The lowest BCUT2D eigenvalue weighted by Crippen LogP contribution is -2.49. The molecule has 0 bridgehead atoms. The van der Waals surface area contributed by atoms with E-state index in [-0.39, 0.29) is 42.4 Å². The fraction of sp³-hybridized carbons (Fsp3) is 0.476. The SMILES string of the molecule is COc1cc2c(cc1NC(=O)c1cccc(C(F)(F)F)n1)=CC(C1CCC(COCCC3CCN(C(=O)c4ccc(Cl)c(N5CCC(=O)NC5=O)c4)CC3)(OC)CC1)N=2. The van der Waals surface area contributed by atoms with E-state index in [4.69, 9.17) is 30.8 Å². The fourth-order valence-corrected chi connectivity index (χ4v) is 8.52. The lowest BCUT2D eigenvalue weighted by molar-refractivity contribution is -0.141. The monoisotopic (exact) mass is 838 g/mol. The molecule has 3 aliphatic heterocycles. The first-order chi connectivity index (χ1) is 28.3. The maximum absolute atomic E-state index is 13.4. The van der Waals surface area contributed by atoms with Crippen LogP contribution in [-0.2, 0) is 20.4 Å². The number of pyridine rings is 1. The number of nitrogens with one attached hydrogen (secondary N) is 2. The molecule has 0 radical (unpaired) electrons. The van der Waals surface area contributed by atoms with Gasteiger partial charge in [0.1, 0.15) is 17.1 Å². The van der Waals surface area contributed by atoms with Gasteiger partial charge in [-0.2, -0.15) is 13.2 Å². The van der Waals surface area contributed by atoms with E-state index < -0.39 is 29.4 Å². The van der Waals surface area contributed by atoms with Gasteiger partial charge in [0.05, 0.1) is 47.1 Å². The summed E-state index contributed by atoms with van der Waals surface area (Å²) < 4.78 is 57.3. The molecule has 2 saturated heterocycles. The Morgan fingerprint density at radius 3 is 2.47 bits per heavy atom. The molecule has 1 atom stereocenters. The number of hydrogen-bond acceptors (Lipinski definition) is 9. The van der Waals surface area contributed by atoms with Crippen LogP contribution >= 0.6 is 11.6 Å². The predicted molar refractivity (Wildman–Crippen MR) is 212 cm³/mol. The van der Waals surface area contributed by atoms with Gasteiger partial charge >= 0.3 is 12.2 Å². The van der Waals surface area contributed by atoms with Crippen LogP contribution in [0.15, 0.2) is 53.5 Å². The number of carbonyl (C=O) groups is 4. The number of nitrogens with zero attached hydrogens (tertiary/aromatic N) is 4. The molecular weight excluding hydrogens is 793 g/mol. The van der Waals surface area contributed by atoms with Crippen LogP contribution in [0.3, 0.4) is 0 Å². The summed E-state index contributed by atoms with van der Waals surface area (Å²) in [4.78, 5) is 62.0. The van der Waals surface area contributed by atoms with E-state index in [0.717, 1.165) is 62.3 Å². The van der Waals surface area contributed by atoms with Crippen molar-refractivity contribution >= 4 is 52.8 Å². The molecule has 4 heterocycles. The number of urea groups is 1. The number of benzene rings is 2. The third kappa shape index (κ3) is 9.55. The van der Waals surface area contributed by atoms with Gasteiger partial charge in [0.15, 0.2) is 0 Å². The van der Waals surface area contributed by atoms with Crippen molar-refractivity contribution in [2.24, 2.45) is 16.8 Å². The van der Waals surface area contributed by atoms with Gasteiger partial charge in [-0.05, 0) is 93.2 Å². The minimum Gasteiger partial charge on any atom is -0.494 e. The number of methoxy groups -OCH3 is 2. The van der Waals surface area contributed by atoms with E-state index in [9.17, 15) is 32.3 Å². The smallest absolute Gasteiger partial charge is 0.433 e. The number of likely N-dealkylation sites (tertiary alicyclic amines) is 1. The Bertz CT molecular complexity index is 2220. The van der Waals surface area contributed by atoms with Gasteiger partial charge in [-0.1, -0.05) is 23.7 Å². The average molecular weight is 839 g/mol.